The van der Waals surface area contributed by atoms with E-state index in [9.17, 15) is 9.90 Å². The van der Waals surface area contributed by atoms with Crippen molar-refractivity contribution in [3.05, 3.63) is 80.8 Å². The Morgan fingerprint density at radius 3 is 2.73 bits per heavy atom. The van der Waals surface area contributed by atoms with Crippen LogP contribution in [0.15, 0.2) is 48.5 Å². The first kappa shape index (κ1) is 27.3. The summed E-state index contributed by atoms with van der Waals surface area (Å²) in [6.07, 6.45) is 3.67. The Labute approximate surface area is 243 Å². The molecule has 0 spiro atoms. The summed E-state index contributed by atoms with van der Waals surface area (Å²) in [7, 11) is 0. The molecule has 2 aromatic heterocycles. The summed E-state index contributed by atoms with van der Waals surface area (Å²) in [6, 6.07) is 15.8. The average molecular weight is 571 g/mol. The van der Waals surface area contributed by atoms with Gasteiger partial charge in [-0.1, -0.05) is 31.2 Å². The van der Waals surface area contributed by atoms with Crippen LogP contribution in [0.25, 0.3) is 11.4 Å². The molecule has 2 aromatic carbocycles. The van der Waals surface area contributed by atoms with E-state index in [1.54, 1.807) is 17.4 Å². The van der Waals surface area contributed by atoms with Crippen molar-refractivity contribution in [1.82, 2.24) is 15.0 Å². The van der Waals surface area contributed by atoms with Gasteiger partial charge in [0.25, 0.3) is 5.91 Å². The molecule has 0 bridgehead atoms. The van der Waals surface area contributed by atoms with Gasteiger partial charge in [-0.05, 0) is 60.6 Å². The van der Waals surface area contributed by atoms with E-state index in [-0.39, 0.29) is 18.5 Å². The summed E-state index contributed by atoms with van der Waals surface area (Å²) < 4.78 is 5.45. The maximum Gasteiger partial charge on any atom is 0.265 e. The van der Waals surface area contributed by atoms with E-state index in [1.807, 2.05) is 18.2 Å². The van der Waals surface area contributed by atoms with Crippen molar-refractivity contribution in [3.8, 4) is 11.4 Å². The van der Waals surface area contributed by atoms with E-state index in [0.29, 0.717) is 45.7 Å². The number of thiophene rings is 1. The number of carbonyl (C=O) groups excluding carboxylic acids is 1. The Hall–Kier alpha value is -3.86. The maximum absolute atomic E-state index is 13.2. The molecule has 3 heterocycles. The minimum Gasteiger partial charge on any atom is -0.392 e. The molecular formula is C31H34N6O3S. The van der Waals surface area contributed by atoms with Crippen molar-refractivity contribution in [1.29, 1.82) is 0 Å². The number of benzene rings is 2. The van der Waals surface area contributed by atoms with Gasteiger partial charge >= 0.3 is 0 Å². The minimum atomic E-state index is -0.297. The SMILES string of the molecule is CC1CCc2sc(C(=O)Nc3cccc(-c4nc(N)nc(Cc5ccc(N6CCOCC6)cc5)n4)c3CO)cc2C1. The van der Waals surface area contributed by atoms with E-state index < -0.39 is 0 Å². The van der Waals surface area contributed by atoms with Crippen LogP contribution in [0.3, 0.4) is 0 Å². The molecule has 0 saturated carbocycles. The number of morpholine rings is 1. The number of nitrogens with zero attached hydrogens (tertiary/aromatic N) is 4. The topological polar surface area (TPSA) is 126 Å². The van der Waals surface area contributed by atoms with Gasteiger partial charge in [-0.3, -0.25) is 4.79 Å². The molecule has 1 saturated heterocycles. The molecule has 2 aliphatic rings. The van der Waals surface area contributed by atoms with E-state index in [1.165, 1.54) is 10.4 Å². The molecule has 1 atom stereocenters. The zero-order valence-electron chi connectivity index (χ0n) is 23.1. The third kappa shape index (κ3) is 6.09. The van der Waals surface area contributed by atoms with Crippen LogP contribution in [0.4, 0.5) is 17.3 Å². The van der Waals surface area contributed by atoms with Crippen LogP contribution in [0.5, 0.6) is 0 Å². The molecule has 4 N–H and O–H groups in total. The number of hydrogen-bond donors (Lipinski definition) is 3. The first-order valence-corrected chi connectivity index (χ1v) is 14.9. The summed E-state index contributed by atoms with van der Waals surface area (Å²) in [5, 5.41) is 13.4. The fourth-order valence-electron chi connectivity index (χ4n) is 5.55. The smallest absolute Gasteiger partial charge is 0.265 e. The molecule has 9 nitrogen and oxygen atoms in total. The molecule has 6 rings (SSSR count). The van der Waals surface area contributed by atoms with E-state index in [2.05, 4.69) is 51.4 Å². The zero-order valence-corrected chi connectivity index (χ0v) is 23.9. The van der Waals surface area contributed by atoms with Crippen molar-refractivity contribution in [3.63, 3.8) is 0 Å². The second-order valence-electron chi connectivity index (χ2n) is 10.7. The predicted octanol–water partition coefficient (Wildman–Crippen LogP) is 4.48. The highest BCUT2D eigenvalue weighted by Gasteiger charge is 2.22. The second-order valence-corrected chi connectivity index (χ2v) is 11.9. The molecule has 212 valence electrons. The Kier molecular flexibility index (Phi) is 7.95. The number of nitrogens with one attached hydrogen (secondary N) is 1. The molecule has 10 heteroatoms. The molecular weight excluding hydrogens is 536 g/mol. The van der Waals surface area contributed by atoms with Crippen LogP contribution < -0.4 is 16.0 Å². The second kappa shape index (κ2) is 11.9. The number of nitrogens with two attached hydrogens (primary N) is 1. The molecule has 41 heavy (non-hydrogen) atoms. The number of fused-ring (bicyclic) bond motifs is 1. The fourth-order valence-corrected chi connectivity index (χ4v) is 6.66. The number of anilines is 3. The van der Waals surface area contributed by atoms with Gasteiger partial charge < -0.3 is 25.8 Å². The van der Waals surface area contributed by atoms with Crippen LogP contribution >= 0.6 is 11.3 Å². The normalized spacial score (nSPS) is 16.8. The highest BCUT2D eigenvalue weighted by atomic mass is 32.1. The number of aliphatic hydroxyl groups excluding tert-OH is 1. The maximum atomic E-state index is 13.2. The van der Waals surface area contributed by atoms with Crippen molar-refractivity contribution < 1.29 is 14.6 Å². The number of aliphatic hydroxyl groups is 1. The van der Waals surface area contributed by atoms with Crippen LogP contribution in [0.2, 0.25) is 0 Å². The van der Waals surface area contributed by atoms with Gasteiger partial charge in [-0.15, -0.1) is 11.3 Å². The van der Waals surface area contributed by atoms with Crippen molar-refractivity contribution in [2.75, 3.05) is 42.3 Å². The third-order valence-electron chi connectivity index (χ3n) is 7.75. The highest BCUT2D eigenvalue weighted by Crippen LogP contribution is 2.34. The summed E-state index contributed by atoms with van der Waals surface area (Å²) in [5.41, 5.74) is 11.2. The fraction of sp³-hybridized carbons (Fsp3) is 0.355. The molecule has 1 unspecified atom stereocenters. The standard InChI is InChI=1S/C31H34N6O3S/c1-19-5-10-26-21(15-19)17-27(41-26)30(39)33-25-4-2-3-23(24(25)18-38)29-34-28(35-31(32)36-29)16-20-6-8-22(9-7-20)37-11-13-40-14-12-37/h2-4,6-9,17,19,38H,5,10-16,18H2,1H3,(H,33,39)(H2,32,34,35,36). The predicted molar refractivity (Wildman–Crippen MR) is 161 cm³/mol. The number of rotatable bonds is 7. The Balaban J connectivity index is 1.22. The number of carbonyl (C=O) groups is 1. The van der Waals surface area contributed by atoms with E-state index in [0.717, 1.165) is 56.8 Å². The average Bonchev–Trinajstić information content (AvgIpc) is 3.41. The lowest BCUT2D eigenvalue weighted by Crippen LogP contribution is -2.36. The van der Waals surface area contributed by atoms with Gasteiger partial charge in [0, 0.05) is 46.9 Å². The third-order valence-corrected chi connectivity index (χ3v) is 8.99. The van der Waals surface area contributed by atoms with Crippen LogP contribution in [0, 0.1) is 5.92 Å². The number of aryl methyl sites for hydroxylation is 1. The largest absolute Gasteiger partial charge is 0.392 e. The zero-order chi connectivity index (χ0) is 28.3. The number of ether oxygens (including phenoxy) is 1. The van der Waals surface area contributed by atoms with Crippen LogP contribution in [-0.4, -0.2) is 52.3 Å². The lowest BCUT2D eigenvalue weighted by Gasteiger charge is -2.28. The van der Waals surface area contributed by atoms with Crippen LogP contribution in [0.1, 0.15) is 50.4 Å². The Morgan fingerprint density at radius 2 is 1.95 bits per heavy atom. The molecule has 1 aliphatic carbocycles. The van der Waals surface area contributed by atoms with E-state index in [4.69, 9.17) is 15.5 Å². The Morgan fingerprint density at radius 1 is 1.15 bits per heavy atom. The monoisotopic (exact) mass is 570 g/mol. The molecule has 1 fully saturated rings. The highest BCUT2D eigenvalue weighted by molar-refractivity contribution is 7.14. The lowest BCUT2D eigenvalue weighted by atomic mass is 9.90. The Bertz CT molecular complexity index is 1550. The molecule has 1 amide bonds. The quantitative estimate of drug-likeness (QED) is 0.297. The van der Waals surface area contributed by atoms with Crippen molar-refractivity contribution >= 4 is 34.6 Å². The first-order chi connectivity index (χ1) is 20.0. The van der Waals surface area contributed by atoms with Crippen molar-refractivity contribution in [2.24, 2.45) is 5.92 Å². The number of hydrogen-bond acceptors (Lipinski definition) is 9. The molecule has 1 aliphatic heterocycles. The van der Waals surface area contributed by atoms with E-state index >= 15 is 0 Å². The summed E-state index contributed by atoms with van der Waals surface area (Å²) in [6.45, 7) is 5.20. The van der Waals surface area contributed by atoms with Gasteiger partial charge in [0.05, 0.1) is 24.7 Å². The molecule has 0 radical (unpaired) electrons. The van der Waals surface area contributed by atoms with Gasteiger partial charge in [-0.2, -0.15) is 9.97 Å². The summed E-state index contributed by atoms with van der Waals surface area (Å²) >= 11 is 1.56. The van der Waals surface area contributed by atoms with Gasteiger partial charge in [0.1, 0.15) is 5.82 Å². The van der Waals surface area contributed by atoms with Gasteiger partial charge in [-0.25, -0.2) is 4.98 Å². The van der Waals surface area contributed by atoms with Gasteiger partial charge in [0.15, 0.2) is 5.82 Å². The lowest BCUT2D eigenvalue weighted by molar-refractivity contribution is 0.103. The van der Waals surface area contributed by atoms with Crippen LogP contribution in [-0.2, 0) is 30.6 Å². The molecule has 4 aromatic rings. The minimum absolute atomic E-state index is 0.103. The van der Waals surface area contributed by atoms with Gasteiger partial charge in [0.2, 0.25) is 5.95 Å². The number of nitrogen functional groups attached to an aromatic ring is 1. The number of amides is 1. The summed E-state index contributed by atoms with van der Waals surface area (Å²) in [5.74, 6) is 1.45. The van der Waals surface area contributed by atoms with Crippen molar-refractivity contribution in [2.45, 2.75) is 39.2 Å². The first-order valence-electron chi connectivity index (χ1n) is 14.0. The summed E-state index contributed by atoms with van der Waals surface area (Å²) in [4.78, 5) is 30.9. The number of aromatic nitrogens is 3.